The largest absolute Gasteiger partial charge is 0.330 e. The molecule has 0 aliphatic heterocycles. The molecule has 1 rings (SSSR count). The number of carbonyl (C=O) groups is 1. The van der Waals surface area contributed by atoms with Gasteiger partial charge >= 0.3 is 0 Å². The van der Waals surface area contributed by atoms with Crippen molar-refractivity contribution in [3.63, 3.8) is 0 Å². The summed E-state index contributed by atoms with van der Waals surface area (Å²) in [7, 11) is 0. The average Bonchev–Trinajstić information content (AvgIpc) is 2.18. The Kier molecular flexibility index (Phi) is 4.77. The zero-order valence-electron chi connectivity index (χ0n) is 8.50. The molecule has 0 bridgehead atoms. The van der Waals surface area contributed by atoms with Crippen molar-refractivity contribution in [3.05, 3.63) is 30.1 Å². The molecule has 82 valence electrons. The summed E-state index contributed by atoms with van der Waals surface area (Å²) in [4.78, 5) is 11.3. The van der Waals surface area contributed by atoms with Gasteiger partial charge in [0.25, 0.3) is 0 Å². The van der Waals surface area contributed by atoms with E-state index in [1.54, 1.807) is 12.1 Å². The smallest absolute Gasteiger partial charge is 0.224 e. The Morgan fingerprint density at radius 1 is 1.40 bits per heavy atom. The van der Waals surface area contributed by atoms with E-state index >= 15 is 0 Å². The van der Waals surface area contributed by atoms with Gasteiger partial charge in [-0.2, -0.15) is 0 Å². The van der Waals surface area contributed by atoms with Crippen molar-refractivity contribution in [1.29, 1.82) is 0 Å². The van der Waals surface area contributed by atoms with E-state index in [4.69, 9.17) is 5.73 Å². The first-order valence-corrected chi connectivity index (χ1v) is 4.98. The number of carbonyl (C=O) groups excluding carboxylic acids is 1. The second kappa shape index (κ2) is 6.14. The lowest BCUT2D eigenvalue weighted by Gasteiger charge is -2.04. The molecule has 4 heteroatoms. The molecule has 3 nitrogen and oxygen atoms in total. The fourth-order valence-electron chi connectivity index (χ4n) is 1.22. The Morgan fingerprint density at radius 2 is 2.20 bits per heavy atom. The van der Waals surface area contributed by atoms with Crippen LogP contribution in [0.2, 0.25) is 0 Å². The van der Waals surface area contributed by atoms with Crippen LogP contribution in [-0.2, 0) is 4.79 Å². The lowest BCUT2D eigenvalue weighted by Crippen LogP contribution is -2.12. The van der Waals surface area contributed by atoms with Crippen LogP contribution in [-0.4, -0.2) is 12.5 Å². The van der Waals surface area contributed by atoms with Crippen LogP contribution >= 0.6 is 0 Å². The summed E-state index contributed by atoms with van der Waals surface area (Å²) in [5, 5.41) is 2.62. The van der Waals surface area contributed by atoms with E-state index in [1.165, 1.54) is 12.1 Å². The summed E-state index contributed by atoms with van der Waals surface area (Å²) >= 11 is 0. The summed E-state index contributed by atoms with van der Waals surface area (Å²) in [6.45, 7) is 0.591. The zero-order chi connectivity index (χ0) is 11.1. The Labute approximate surface area is 88.5 Å². The monoisotopic (exact) mass is 210 g/mol. The number of nitrogens with one attached hydrogen (secondary N) is 1. The van der Waals surface area contributed by atoms with Gasteiger partial charge in [-0.15, -0.1) is 0 Å². The minimum atomic E-state index is -0.352. The third-order valence-corrected chi connectivity index (χ3v) is 1.97. The van der Waals surface area contributed by atoms with Crippen LogP contribution < -0.4 is 11.1 Å². The van der Waals surface area contributed by atoms with Gasteiger partial charge in [0.05, 0.1) is 0 Å². The van der Waals surface area contributed by atoms with Gasteiger partial charge in [0.2, 0.25) is 5.91 Å². The standard InChI is InChI=1S/C11H15FN2O/c12-9-4-3-5-10(8-9)14-11(15)6-1-2-7-13/h3-5,8H,1-2,6-7,13H2,(H,14,15). The molecule has 1 aromatic carbocycles. The van der Waals surface area contributed by atoms with Crippen molar-refractivity contribution in [2.24, 2.45) is 5.73 Å². The van der Waals surface area contributed by atoms with Crippen molar-refractivity contribution >= 4 is 11.6 Å². The lowest BCUT2D eigenvalue weighted by atomic mass is 10.2. The molecule has 0 aliphatic carbocycles. The van der Waals surface area contributed by atoms with E-state index < -0.39 is 0 Å². The molecule has 1 aromatic rings. The maximum atomic E-state index is 12.8. The molecule has 3 N–H and O–H groups in total. The Morgan fingerprint density at radius 3 is 2.87 bits per heavy atom. The topological polar surface area (TPSA) is 55.1 Å². The quantitative estimate of drug-likeness (QED) is 0.729. The predicted octanol–water partition coefficient (Wildman–Crippen LogP) is 1.89. The number of amides is 1. The molecular formula is C11H15FN2O. The second-order valence-corrected chi connectivity index (χ2v) is 3.30. The molecule has 0 saturated carbocycles. The molecule has 0 spiro atoms. The maximum absolute atomic E-state index is 12.8. The van der Waals surface area contributed by atoms with Gasteiger partial charge in [-0.25, -0.2) is 4.39 Å². The van der Waals surface area contributed by atoms with E-state index in [9.17, 15) is 9.18 Å². The van der Waals surface area contributed by atoms with Crippen molar-refractivity contribution in [2.45, 2.75) is 19.3 Å². The molecule has 0 atom stereocenters. The molecule has 15 heavy (non-hydrogen) atoms. The maximum Gasteiger partial charge on any atom is 0.224 e. The minimum Gasteiger partial charge on any atom is -0.330 e. The van der Waals surface area contributed by atoms with Gasteiger partial charge in [0.15, 0.2) is 0 Å². The molecular weight excluding hydrogens is 195 g/mol. The number of benzene rings is 1. The van der Waals surface area contributed by atoms with Crippen molar-refractivity contribution in [2.75, 3.05) is 11.9 Å². The predicted molar refractivity (Wildman–Crippen MR) is 57.9 cm³/mol. The fraction of sp³-hybridized carbons (Fsp3) is 0.364. The summed E-state index contributed by atoms with van der Waals surface area (Å²) in [5.74, 6) is -0.455. The second-order valence-electron chi connectivity index (χ2n) is 3.30. The number of nitrogens with two attached hydrogens (primary N) is 1. The molecule has 0 radical (unpaired) electrons. The number of rotatable bonds is 5. The highest BCUT2D eigenvalue weighted by molar-refractivity contribution is 5.90. The van der Waals surface area contributed by atoms with E-state index in [0.717, 1.165) is 12.8 Å². The SMILES string of the molecule is NCCCCC(=O)Nc1cccc(F)c1. The van der Waals surface area contributed by atoms with Crippen molar-refractivity contribution in [1.82, 2.24) is 0 Å². The van der Waals surface area contributed by atoms with Crippen molar-refractivity contribution < 1.29 is 9.18 Å². The molecule has 0 aliphatic rings. The van der Waals surface area contributed by atoms with Crippen molar-refractivity contribution in [3.8, 4) is 0 Å². The number of hydrogen-bond acceptors (Lipinski definition) is 2. The fourth-order valence-corrected chi connectivity index (χ4v) is 1.22. The summed E-state index contributed by atoms with van der Waals surface area (Å²) in [6.07, 6.45) is 2.02. The summed E-state index contributed by atoms with van der Waals surface area (Å²) in [5.41, 5.74) is 5.80. The van der Waals surface area contributed by atoms with Gasteiger partial charge in [-0.3, -0.25) is 4.79 Å². The first-order valence-electron chi connectivity index (χ1n) is 4.98. The third kappa shape index (κ3) is 4.56. The van der Waals surface area contributed by atoms with Crippen LogP contribution in [0.1, 0.15) is 19.3 Å². The van der Waals surface area contributed by atoms with Gasteiger partial charge in [0.1, 0.15) is 5.82 Å². The van der Waals surface area contributed by atoms with Crippen LogP contribution in [0.3, 0.4) is 0 Å². The molecule has 0 fully saturated rings. The Balaban J connectivity index is 2.37. The van der Waals surface area contributed by atoms with E-state index in [2.05, 4.69) is 5.32 Å². The highest BCUT2D eigenvalue weighted by Crippen LogP contribution is 2.09. The zero-order valence-corrected chi connectivity index (χ0v) is 8.50. The minimum absolute atomic E-state index is 0.103. The van der Waals surface area contributed by atoms with E-state index in [1.807, 2.05) is 0 Å². The van der Waals surface area contributed by atoms with Crippen LogP contribution in [0.25, 0.3) is 0 Å². The molecule has 0 saturated heterocycles. The van der Waals surface area contributed by atoms with Gasteiger partial charge in [0, 0.05) is 12.1 Å². The first kappa shape index (κ1) is 11.7. The first-order chi connectivity index (χ1) is 7.22. The average molecular weight is 210 g/mol. The number of hydrogen-bond donors (Lipinski definition) is 2. The molecule has 0 aromatic heterocycles. The van der Waals surface area contributed by atoms with Crippen LogP contribution in [0.4, 0.5) is 10.1 Å². The van der Waals surface area contributed by atoms with Gasteiger partial charge in [-0.1, -0.05) is 6.07 Å². The van der Waals surface area contributed by atoms with E-state index in [-0.39, 0.29) is 11.7 Å². The van der Waals surface area contributed by atoms with Gasteiger partial charge in [-0.05, 0) is 37.6 Å². The number of halogens is 1. The van der Waals surface area contributed by atoms with E-state index in [0.29, 0.717) is 18.7 Å². The van der Waals surface area contributed by atoms with Crippen LogP contribution in [0, 0.1) is 5.82 Å². The molecule has 0 heterocycles. The normalized spacial score (nSPS) is 10.0. The summed E-state index contributed by atoms with van der Waals surface area (Å²) in [6, 6.07) is 5.85. The summed E-state index contributed by atoms with van der Waals surface area (Å²) < 4.78 is 12.8. The van der Waals surface area contributed by atoms with Crippen LogP contribution in [0.15, 0.2) is 24.3 Å². The van der Waals surface area contributed by atoms with Crippen LogP contribution in [0.5, 0.6) is 0 Å². The molecule has 1 amide bonds. The molecule has 0 unspecified atom stereocenters. The Bertz CT molecular complexity index is 328. The number of anilines is 1. The number of unbranched alkanes of at least 4 members (excludes halogenated alkanes) is 1. The lowest BCUT2D eigenvalue weighted by molar-refractivity contribution is -0.116. The third-order valence-electron chi connectivity index (χ3n) is 1.97. The Hall–Kier alpha value is -1.42. The van der Waals surface area contributed by atoms with Gasteiger partial charge < -0.3 is 11.1 Å². The highest BCUT2D eigenvalue weighted by atomic mass is 19.1. The highest BCUT2D eigenvalue weighted by Gasteiger charge is 2.02.